The van der Waals surface area contributed by atoms with E-state index in [2.05, 4.69) is 21.0 Å². The highest BCUT2D eigenvalue weighted by molar-refractivity contribution is 6.14. The van der Waals surface area contributed by atoms with E-state index in [1.54, 1.807) is 17.3 Å². The predicted molar refractivity (Wildman–Crippen MR) is 91.5 cm³/mol. The molecule has 6 nitrogen and oxygen atoms in total. The number of nitrogens with two attached hydrogens (primary N) is 1. The van der Waals surface area contributed by atoms with Gasteiger partial charge in [-0.25, -0.2) is 9.97 Å². The van der Waals surface area contributed by atoms with Gasteiger partial charge in [-0.3, -0.25) is 9.78 Å². The fraction of sp³-hybridized carbons (Fsp3) is 0.222. The third-order valence-electron chi connectivity index (χ3n) is 5.16. The summed E-state index contributed by atoms with van der Waals surface area (Å²) >= 11 is 0. The van der Waals surface area contributed by atoms with Gasteiger partial charge in [0.05, 0.1) is 22.8 Å². The third kappa shape index (κ3) is 1.60. The van der Waals surface area contributed by atoms with Gasteiger partial charge >= 0.3 is 0 Å². The average molecular weight is 317 g/mol. The second kappa shape index (κ2) is 4.29. The summed E-state index contributed by atoms with van der Waals surface area (Å²) in [7, 11) is 1.83. The monoisotopic (exact) mass is 317 g/mol. The van der Waals surface area contributed by atoms with E-state index in [4.69, 9.17) is 5.73 Å². The number of nitrogens with zero attached hydrogens (tertiary/aromatic N) is 4. The van der Waals surface area contributed by atoms with Crippen molar-refractivity contribution in [2.75, 3.05) is 17.7 Å². The highest BCUT2D eigenvalue weighted by atomic mass is 16.2. The number of amides is 1. The van der Waals surface area contributed by atoms with Crippen molar-refractivity contribution in [1.82, 2.24) is 15.0 Å². The van der Waals surface area contributed by atoms with Gasteiger partial charge in [0.2, 0.25) is 11.9 Å². The SMILES string of the molecule is CN1C(=O)C2(CC2)c2c1cnc1ccc(-c3cnc(N)nc3)cc21. The number of nitrogen functional groups attached to an aromatic ring is 1. The molecule has 2 aliphatic rings. The predicted octanol–water partition coefficient (Wildman–Crippen LogP) is 2.28. The Morgan fingerprint density at radius 3 is 2.54 bits per heavy atom. The highest BCUT2D eigenvalue weighted by Gasteiger charge is 2.59. The zero-order chi connectivity index (χ0) is 16.5. The number of aromatic nitrogens is 3. The molecule has 3 heterocycles. The van der Waals surface area contributed by atoms with Crippen LogP contribution in [0.15, 0.2) is 36.8 Å². The molecular weight excluding hydrogens is 302 g/mol. The van der Waals surface area contributed by atoms with Gasteiger partial charge in [-0.15, -0.1) is 0 Å². The van der Waals surface area contributed by atoms with Crippen LogP contribution in [0.2, 0.25) is 0 Å². The first-order valence-electron chi connectivity index (χ1n) is 7.89. The molecule has 3 aromatic rings. The van der Waals surface area contributed by atoms with Crippen LogP contribution >= 0.6 is 0 Å². The number of anilines is 2. The second-order valence-corrected chi connectivity index (χ2v) is 6.53. The van der Waals surface area contributed by atoms with Gasteiger partial charge in [-0.05, 0) is 30.5 Å². The molecule has 2 N–H and O–H groups in total. The lowest BCUT2D eigenvalue weighted by Crippen LogP contribution is -2.28. The van der Waals surface area contributed by atoms with Crippen LogP contribution in [0, 0.1) is 0 Å². The van der Waals surface area contributed by atoms with E-state index in [0.717, 1.165) is 46.1 Å². The summed E-state index contributed by atoms with van der Waals surface area (Å²) in [5, 5.41) is 1.04. The number of fused-ring (bicyclic) bond motifs is 4. The molecule has 2 aromatic heterocycles. The maximum atomic E-state index is 12.6. The Hall–Kier alpha value is -3.02. The minimum absolute atomic E-state index is 0.188. The van der Waals surface area contributed by atoms with Crippen LogP contribution in [-0.4, -0.2) is 27.9 Å². The zero-order valence-electron chi connectivity index (χ0n) is 13.2. The van der Waals surface area contributed by atoms with Gasteiger partial charge in [0.1, 0.15) is 0 Å². The molecule has 24 heavy (non-hydrogen) atoms. The Kier molecular flexibility index (Phi) is 2.40. The van der Waals surface area contributed by atoms with Crippen molar-refractivity contribution in [2.24, 2.45) is 0 Å². The number of hydrogen-bond acceptors (Lipinski definition) is 5. The van der Waals surface area contributed by atoms with Crippen LogP contribution in [-0.2, 0) is 10.2 Å². The quantitative estimate of drug-likeness (QED) is 0.744. The van der Waals surface area contributed by atoms with Gasteiger partial charge in [-0.2, -0.15) is 0 Å². The third-order valence-corrected chi connectivity index (χ3v) is 5.16. The molecular formula is C18H15N5O. The summed E-state index contributed by atoms with van der Waals surface area (Å²) in [5.74, 6) is 0.444. The van der Waals surface area contributed by atoms with E-state index in [0.29, 0.717) is 0 Å². The van der Waals surface area contributed by atoms with Gasteiger partial charge in [0.25, 0.3) is 0 Å². The summed E-state index contributed by atoms with van der Waals surface area (Å²) in [5.41, 5.74) is 10.1. The number of rotatable bonds is 1. The average Bonchev–Trinajstić information content (AvgIpc) is 3.37. The topological polar surface area (TPSA) is 85.0 Å². The number of carbonyl (C=O) groups excluding carboxylic acids is 1. The first-order chi connectivity index (χ1) is 11.6. The summed E-state index contributed by atoms with van der Waals surface area (Å²) in [4.78, 5) is 27.0. The van der Waals surface area contributed by atoms with Gasteiger partial charge in [0, 0.05) is 36.0 Å². The Labute approximate surface area is 138 Å². The van der Waals surface area contributed by atoms with Crippen molar-refractivity contribution in [3.8, 4) is 11.1 Å². The van der Waals surface area contributed by atoms with E-state index in [1.807, 2.05) is 25.4 Å². The first kappa shape index (κ1) is 13.4. The van der Waals surface area contributed by atoms with Gasteiger partial charge in [0.15, 0.2) is 0 Å². The second-order valence-electron chi connectivity index (χ2n) is 6.53. The van der Waals surface area contributed by atoms with Crippen molar-refractivity contribution in [2.45, 2.75) is 18.3 Å². The van der Waals surface area contributed by atoms with Crippen LogP contribution in [0.5, 0.6) is 0 Å². The van der Waals surface area contributed by atoms with E-state index >= 15 is 0 Å². The molecule has 1 aliphatic heterocycles. The molecule has 0 radical (unpaired) electrons. The lowest BCUT2D eigenvalue weighted by molar-refractivity contribution is -0.119. The van der Waals surface area contributed by atoms with E-state index in [-0.39, 0.29) is 17.3 Å². The molecule has 1 saturated carbocycles. The molecule has 1 aliphatic carbocycles. The minimum Gasteiger partial charge on any atom is -0.368 e. The lowest BCUT2D eigenvalue weighted by Gasteiger charge is -2.11. The van der Waals surface area contributed by atoms with Crippen molar-refractivity contribution >= 4 is 28.4 Å². The van der Waals surface area contributed by atoms with Gasteiger partial charge < -0.3 is 10.6 Å². The van der Waals surface area contributed by atoms with Crippen molar-refractivity contribution in [3.05, 3.63) is 42.4 Å². The molecule has 6 heteroatoms. The lowest BCUT2D eigenvalue weighted by atomic mass is 9.92. The summed E-state index contributed by atoms with van der Waals surface area (Å²) in [6, 6.07) is 6.07. The van der Waals surface area contributed by atoms with Gasteiger partial charge in [-0.1, -0.05) is 6.07 Å². The van der Waals surface area contributed by atoms with Crippen molar-refractivity contribution < 1.29 is 4.79 Å². The Morgan fingerprint density at radius 1 is 1.08 bits per heavy atom. The largest absolute Gasteiger partial charge is 0.368 e. The number of benzene rings is 1. The molecule has 0 bridgehead atoms. The maximum absolute atomic E-state index is 12.6. The summed E-state index contributed by atoms with van der Waals surface area (Å²) in [6.07, 6.45) is 7.07. The molecule has 1 aromatic carbocycles. The Balaban J connectivity index is 1.77. The van der Waals surface area contributed by atoms with Crippen molar-refractivity contribution in [1.29, 1.82) is 0 Å². The van der Waals surface area contributed by atoms with E-state index in [1.165, 1.54) is 0 Å². The zero-order valence-corrected chi connectivity index (χ0v) is 13.2. The van der Waals surface area contributed by atoms with E-state index < -0.39 is 0 Å². The fourth-order valence-corrected chi connectivity index (χ4v) is 3.73. The van der Waals surface area contributed by atoms with Crippen LogP contribution in [0.3, 0.4) is 0 Å². The number of carbonyl (C=O) groups is 1. The Morgan fingerprint density at radius 2 is 1.83 bits per heavy atom. The first-order valence-corrected chi connectivity index (χ1v) is 7.89. The highest BCUT2D eigenvalue weighted by Crippen LogP contribution is 2.58. The molecule has 0 unspecified atom stereocenters. The molecule has 1 amide bonds. The summed E-state index contributed by atoms with van der Waals surface area (Å²) < 4.78 is 0. The van der Waals surface area contributed by atoms with Crippen molar-refractivity contribution in [3.63, 3.8) is 0 Å². The van der Waals surface area contributed by atoms with Crippen LogP contribution in [0.4, 0.5) is 11.6 Å². The molecule has 0 saturated heterocycles. The van der Waals surface area contributed by atoms with Crippen LogP contribution in [0.25, 0.3) is 22.0 Å². The number of likely N-dealkylation sites (N-methyl/N-ethyl adjacent to an activating group) is 1. The standard InChI is InChI=1S/C18H15N5O/c1-23-14-9-20-13-3-2-10(11-7-21-17(19)22-8-11)6-12(13)15(14)18(4-5-18)16(23)24/h2-3,6-9H,4-5H2,1H3,(H2,19,21,22). The normalized spacial score (nSPS) is 17.5. The number of hydrogen-bond donors (Lipinski definition) is 1. The molecule has 1 spiro atoms. The van der Waals surface area contributed by atoms with E-state index in [9.17, 15) is 4.79 Å². The Bertz CT molecular complexity index is 1010. The molecule has 0 atom stereocenters. The fourth-order valence-electron chi connectivity index (χ4n) is 3.73. The minimum atomic E-state index is -0.332. The number of pyridine rings is 1. The molecule has 1 fully saturated rings. The van der Waals surface area contributed by atoms with Crippen LogP contribution < -0.4 is 10.6 Å². The molecule has 118 valence electrons. The smallest absolute Gasteiger partial charge is 0.237 e. The van der Waals surface area contributed by atoms with Crippen LogP contribution in [0.1, 0.15) is 18.4 Å². The maximum Gasteiger partial charge on any atom is 0.237 e. The summed E-state index contributed by atoms with van der Waals surface area (Å²) in [6.45, 7) is 0. The molecule has 5 rings (SSSR count).